The Bertz CT molecular complexity index is 259. The Labute approximate surface area is 109 Å². The topological polar surface area (TPSA) is 69.6 Å². The quantitative estimate of drug-likeness (QED) is 0.758. The molecule has 0 atom stereocenters. The Hall–Kier alpha value is -1.26. The summed E-state index contributed by atoms with van der Waals surface area (Å²) in [6.07, 6.45) is 7.69. The zero-order chi connectivity index (χ0) is 13.2. The highest BCUT2D eigenvalue weighted by molar-refractivity contribution is 5.74. The summed E-state index contributed by atoms with van der Waals surface area (Å²) in [6, 6.07) is -0.0395. The van der Waals surface area contributed by atoms with E-state index in [2.05, 4.69) is 5.32 Å². The van der Waals surface area contributed by atoms with Gasteiger partial charge in [0.15, 0.2) is 0 Å². The number of aliphatic carboxylic acids is 1. The number of amides is 2. The van der Waals surface area contributed by atoms with E-state index < -0.39 is 5.97 Å². The van der Waals surface area contributed by atoms with Crippen molar-refractivity contribution in [3.05, 3.63) is 0 Å². The molecule has 0 aliphatic carbocycles. The average Bonchev–Trinajstić information content (AvgIpc) is 2.47. The number of carbonyl (C=O) groups is 2. The third-order valence-corrected chi connectivity index (χ3v) is 3.24. The summed E-state index contributed by atoms with van der Waals surface area (Å²) in [5, 5.41) is 11.3. The van der Waals surface area contributed by atoms with E-state index in [1.165, 1.54) is 25.7 Å². The van der Waals surface area contributed by atoms with Gasteiger partial charge in [-0.1, -0.05) is 25.7 Å². The lowest BCUT2D eigenvalue weighted by Gasteiger charge is -2.22. The van der Waals surface area contributed by atoms with E-state index in [1.807, 2.05) is 4.90 Å². The summed E-state index contributed by atoms with van der Waals surface area (Å²) >= 11 is 0. The highest BCUT2D eigenvalue weighted by atomic mass is 16.4. The van der Waals surface area contributed by atoms with Crippen LogP contribution in [0.3, 0.4) is 0 Å². The smallest absolute Gasteiger partial charge is 0.317 e. The summed E-state index contributed by atoms with van der Waals surface area (Å²) in [5.41, 5.74) is 0. The third-order valence-electron chi connectivity index (χ3n) is 3.24. The Morgan fingerprint density at radius 2 is 1.56 bits per heavy atom. The summed E-state index contributed by atoms with van der Waals surface area (Å²) < 4.78 is 0. The monoisotopic (exact) mass is 256 g/mol. The molecule has 2 N–H and O–H groups in total. The van der Waals surface area contributed by atoms with Crippen LogP contribution in [0.1, 0.15) is 51.4 Å². The zero-order valence-corrected chi connectivity index (χ0v) is 11.0. The standard InChI is InChI=1S/C13H24N2O3/c16-12(17)8-7-9-14-13(18)15-10-5-3-1-2-4-6-11-15/h1-11H2,(H,14,18)(H,16,17). The number of urea groups is 1. The number of hydrogen-bond acceptors (Lipinski definition) is 2. The van der Waals surface area contributed by atoms with Crippen LogP contribution >= 0.6 is 0 Å². The molecule has 1 aliphatic rings. The molecule has 1 aliphatic heterocycles. The molecule has 0 aromatic heterocycles. The van der Waals surface area contributed by atoms with Gasteiger partial charge in [0.2, 0.25) is 0 Å². The maximum absolute atomic E-state index is 11.9. The van der Waals surface area contributed by atoms with Crippen molar-refractivity contribution in [2.75, 3.05) is 19.6 Å². The maximum Gasteiger partial charge on any atom is 0.317 e. The van der Waals surface area contributed by atoms with Gasteiger partial charge in [-0.3, -0.25) is 4.79 Å². The second-order valence-electron chi connectivity index (χ2n) is 4.84. The minimum Gasteiger partial charge on any atom is -0.481 e. The molecule has 18 heavy (non-hydrogen) atoms. The van der Waals surface area contributed by atoms with Crippen LogP contribution in [0.5, 0.6) is 0 Å². The van der Waals surface area contributed by atoms with Crippen molar-refractivity contribution in [2.45, 2.75) is 51.4 Å². The SMILES string of the molecule is O=C(O)CCCNC(=O)N1CCCCCCCC1. The van der Waals surface area contributed by atoms with Crippen LogP contribution < -0.4 is 5.32 Å². The molecule has 0 aromatic carbocycles. The number of carboxylic acid groups (broad SMARTS) is 1. The zero-order valence-electron chi connectivity index (χ0n) is 11.0. The molecule has 0 spiro atoms. The van der Waals surface area contributed by atoms with Crippen LogP contribution in [0.4, 0.5) is 4.79 Å². The molecule has 0 aromatic rings. The summed E-state index contributed by atoms with van der Waals surface area (Å²) in [4.78, 5) is 24.1. The maximum atomic E-state index is 11.9. The van der Waals surface area contributed by atoms with Crippen LogP contribution in [0.25, 0.3) is 0 Å². The first-order valence-electron chi connectivity index (χ1n) is 6.95. The molecule has 1 rings (SSSR count). The van der Waals surface area contributed by atoms with E-state index in [0.29, 0.717) is 13.0 Å². The number of nitrogens with one attached hydrogen (secondary N) is 1. The first-order valence-corrected chi connectivity index (χ1v) is 6.95. The van der Waals surface area contributed by atoms with Gasteiger partial charge >= 0.3 is 12.0 Å². The van der Waals surface area contributed by atoms with Crippen molar-refractivity contribution in [3.63, 3.8) is 0 Å². The van der Waals surface area contributed by atoms with Gasteiger partial charge in [-0.25, -0.2) is 4.79 Å². The molecule has 1 heterocycles. The third kappa shape index (κ3) is 6.47. The lowest BCUT2D eigenvalue weighted by Crippen LogP contribution is -2.41. The lowest BCUT2D eigenvalue weighted by atomic mass is 10.1. The van der Waals surface area contributed by atoms with Gasteiger partial charge < -0.3 is 15.3 Å². The Morgan fingerprint density at radius 1 is 1.00 bits per heavy atom. The van der Waals surface area contributed by atoms with Crippen LogP contribution in [0, 0.1) is 0 Å². The normalized spacial score (nSPS) is 17.4. The van der Waals surface area contributed by atoms with Gasteiger partial charge in [-0.2, -0.15) is 0 Å². The van der Waals surface area contributed by atoms with Gasteiger partial charge in [0, 0.05) is 26.1 Å². The van der Waals surface area contributed by atoms with Crippen molar-refractivity contribution in [1.29, 1.82) is 0 Å². The minimum absolute atomic E-state index is 0.0395. The second-order valence-corrected chi connectivity index (χ2v) is 4.84. The van der Waals surface area contributed by atoms with Crippen molar-refractivity contribution >= 4 is 12.0 Å². The molecule has 2 amide bonds. The number of carboxylic acids is 1. The summed E-state index contributed by atoms with van der Waals surface area (Å²) in [5.74, 6) is -0.813. The Morgan fingerprint density at radius 3 is 2.11 bits per heavy atom. The van der Waals surface area contributed by atoms with Crippen LogP contribution in [0.2, 0.25) is 0 Å². The van der Waals surface area contributed by atoms with Gasteiger partial charge in [-0.05, 0) is 19.3 Å². The number of hydrogen-bond donors (Lipinski definition) is 2. The van der Waals surface area contributed by atoms with Gasteiger partial charge in [0.05, 0.1) is 0 Å². The molecular weight excluding hydrogens is 232 g/mol. The van der Waals surface area contributed by atoms with Gasteiger partial charge in [0.25, 0.3) is 0 Å². The number of carbonyl (C=O) groups excluding carboxylic acids is 1. The minimum atomic E-state index is -0.813. The van der Waals surface area contributed by atoms with Crippen molar-refractivity contribution in [3.8, 4) is 0 Å². The molecule has 0 radical (unpaired) electrons. The van der Waals surface area contributed by atoms with E-state index in [-0.39, 0.29) is 12.5 Å². The molecule has 0 saturated carbocycles. The van der Waals surface area contributed by atoms with E-state index in [4.69, 9.17) is 5.11 Å². The molecule has 5 heteroatoms. The molecule has 0 bridgehead atoms. The van der Waals surface area contributed by atoms with Gasteiger partial charge in [-0.15, -0.1) is 0 Å². The fraction of sp³-hybridized carbons (Fsp3) is 0.846. The van der Waals surface area contributed by atoms with Crippen LogP contribution in [-0.4, -0.2) is 41.6 Å². The predicted octanol–water partition coefficient (Wildman–Crippen LogP) is 2.22. The largest absolute Gasteiger partial charge is 0.481 e. The van der Waals surface area contributed by atoms with E-state index >= 15 is 0 Å². The first kappa shape index (κ1) is 14.8. The molecule has 104 valence electrons. The molecular formula is C13H24N2O3. The fourth-order valence-electron chi connectivity index (χ4n) is 2.17. The van der Waals surface area contributed by atoms with Crippen molar-refractivity contribution in [2.24, 2.45) is 0 Å². The Balaban J connectivity index is 2.22. The van der Waals surface area contributed by atoms with Crippen LogP contribution in [-0.2, 0) is 4.79 Å². The van der Waals surface area contributed by atoms with Crippen molar-refractivity contribution < 1.29 is 14.7 Å². The molecule has 0 unspecified atom stereocenters. The predicted molar refractivity (Wildman–Crippen MR) is 69.5 cm³/mol. The van der Waals surface area contributed by atoms with Crippen LogP contribution in [0.15, 0.2) is 0 Å². The molecule has 1 fully saturated rings. The number of nitrogens with zero attached hydrogens (tertiary/aromatic N) is 1. The van der Waals surface area contributed by atoms with E-state index in [1.54, 1.807) is 0 Å². The van der Waals surface area contributed by atoms with Crippen molar-refractivity contribution in [1.82, 2.24) is 10.2 Å². The molecule has 1 saturated heterocycles. The van der Waals surface area contributed by atoms with E-state index in [9.17, 15) is 9.59 Å². The van der Waals surface area contributed by atoms with Gasteiger partial charge in [0.1, 0.15) is 0 Å². The Kier molecular flexibility index (Phi) is 7.22. The fourth-order valence-corrected chi connectivity index (χ4v) is 2.17. The second kappa shape index (κ2) is 8.78. The summed E-state index contributed by atoms with van der Waals surface area (Å²) in [7, 11) is 0. The first-order chi connectivity index (χ1) is 8.70. The highest BCUT2D eigenvalue weighted by Crippen LogP contribution is 2.11. The average molecular weight is 256 g/mol. The number of rotatable bonds is 4. The highest BCUT2D eigenvalue weighted by Gasteiger charge is 2.13. The summed E-state index contributed by atoms with van der Waals surface area (Å²) in [6.45, 7) is 2.09. The lowest BCUT2D eigenvalue weighted by molar-refractivity contribution is -0.137. The van der Waals surface area contributed by atoms with E-state index in [0.717, 1.165) is 25.9 Å². The molecule has 5 nitrogen and oxygen atoms in total.